The third kappa shape index (κ3) is 9.29. The Morgan fingerprint density at radius 3 is 1.00 bits per heavy atom. The third-order valence-electron chi connectivity index (χ3n) is 0. The van der Waals surface area contributed by atoms with E-state index in [4.69, 9.17) is 0 Å². The molecule has 0 aliphatic carbocycles. The predicted octanol–water partition coefficient (Wildman–Crippen LogP) is 0.576. The Morgan fingerprint density at radius 2 is 1.00 bits per heavy atom. The topological polar surface area (TPSA) is 0 Å². The van der Waals surface area contributed by atoms with Gasteiger partial charge >= 0.3 is 25.1 Å². The molecule has 0 atom stereocenters. The van der Waals surface area contributed by atoms with Gasteiger partial charge < -0.3 is 0 Å². The SMILES string of the molecule is [CH3][W].[Fe].[Fe]. The van der Waals surface area contributed by atoms with Gasteiger partial charge in [0.05, 0.1) is 0 Å². The van der Waals surface area contributed by atoms with Gasteiger partial charge in [-0.15, -0.1) is 0 Å². The summed E-state index contributed by atoms with van der Waals surface area (Å²) in [6.45, 7) is 0. The molecule has 0 aromatic heterocycles. The maximum Gasteiger partial charge on any atom is 0 e. The van der Waals surface area contributed by atoms with Crippen LogP contribution in [0.15, 0.2) is 0 Å². The molecule has 0 heterocycles. The summed E-state index contributed by atoms with van der Waals surface area (Å²) < 4.78 is 0. The van der Waals surface area contributed by atoms with Crippen molar-refractivity contribution in [3.8, 4) is 0 Å². The van der Waals surface area contributed by atoms with Crippen LogP contribution >= 0.6 is 0 Å². The van der Waals surface area contributed by atoms with Crippen molar-refractivity contribution < 1.29 is 54.0 Å². The van der Waals surface area contributed by atoms with Crippen molar-refractivity contribution in [1.29, 1.82) is 0 Å². The van der Waals surface area contributed by atoms with Crippen molar-refractivity contribution in [2.24, 2.45) is 0 Å². The molecule has 0 spiro atoms. The van der Waals surface area contributed by atoms with Crippen molar-refractivity contribution in [2.75, 3.05) is 0 Å². The Bertz CT molecular complexity index is 6.00. The van der Waals surface area contributed by atoms with E-state index in [1.54, 1.807) is 19.8 Å². The van der Waals surface area contributed by atoms with Gasteiger partial charge in [-0.25, -0.2) is 0 Å². The van der Waals surface area contributed by atoms with Gasteiger partial charge in [-0.3, -0.25) is 0 Å². The van der Waals surface area contributed by atoms with Crippen molar-refractivity contribution in [3.63, 3.8) is 0 Å². The zero-order valence-corrected chi connectivity index (χ0v) is 7.26. The van der Waals surface area contributed by atoms with Crippen LogP contribution in [-0.4, -0.2) is 0 Å². The maximum absolute atomic E-state index is 2.08. The van der Waals surface area contributed by atoms with Crippen LogP contribution in [0.4, 0.5) is 0 Å². The first-order valence-electron chi connectivity index (χ1n) is 0.408. The van der Waals surface area contributed by atoms with E-state index in [9.17, 15) is 0 Å². The number of hydrogen-bond acceptors (Lipinski definition) is 0. The minimum absolute atomic E-state index is 0. The van der Waals surface area contributed by atoms with E-state index in [1.807, 2.05) is 0 Å². The summed E-state index contributed by atoms with van der Waals surface area (Å²) in [4.78, 5) is 0. The van der Waals surface area contributed by atoms with Crippen LogP contribution < -0.4 is 0 Å². The van der Waals surface area contributed by atoms with E-state index in [1.165, 1.54) is 0 Å². The molecule has 0 rings (SSSR count). The molecule has 29 valence electrons. The predicted molar refractivity (Wildman–Crippen MR) is 5.86 cm³/mol. The minimum Gasteiger partial charge on any atom is 0 e. The second-order valence-electron chi connectivity index (χ2n) is 0. The molecule has 0 aromatic carbocycles. The van der Waals surface area contributed by atoms with Gasteiger partial charge in [0.2, 0.25) is 0 Å². The minimum atomic E-state index is 0. The monoisotopic (exact) mass is 311 g/mol. The average Bonchev–Trinajstić information content (AvgIpc) is 1.00. The van der Waals surface area contributed by atoms with E-state index in [2.05, 4.69) is 5.31 Å². The molecule has 0 radical (unpaired) electrons. The zero-order valence-electron chi connectivity index (χ0n) is 2.12. The van der Waals surface area contributed by atoms with Crippen molar-refractivity contribution in [1.82, 2.24) is 0 Å². The van der Waals surface area contributed by atoms with Crippen LogP contribution in [0.3, 0.4) is 0 Å². The molecule has 4 heavy (non-hydrogen) atoms. The van der Waals surface area contributed by atoms with Crippen LogP contribution in [-0.2, 0) is 54.0 Å². The Labute approximate surface area is 59.0 Å². The Hall–Kier alpha value is 1.73. The van der Waals surface area contributed by atoms with Crippen molar-refractivity contribution >= 4 is 0 Å². The second-order valence-corrected chi connectivity index (χ2v) is 0. The van der Waals surface area contributed by atoms with Gasteiger partial charge in [0.1, 0.15) is 0 Å². The van der Waals surface area contributed by atoms with Crippen molar-refractivity contribution in [3.05, 3.63) is 0 Å². The summed E-state index contributed by atoms with van der Waals surface area (Å²) in [5.74, 6) is 0. The van der Waals surface area contributed by atoms with Crippen LogP contribution in [0.5, 0.6) is 0 Å². The first-order chi connectivity index (χ1) is 1.00. The summed E-state index contributed by atoms with van der Waals surface area (Å²) in [6.07, 6.45) is 0. The first kappa shape index (κ1) is 17.2. The molecule has 0 fully saturated rings. The standard InChI is InChI=1S/CH3.2Fe.W/h1H3;;;. The average molecular weight is 311 g/mol. The van der Waals surface area contributed by atoms with Crippen molar-refractivity contribution in [2.45, 2.75) is 5.31 Å². The molecule has 0 unspecified atom stereocenters. The van der Waals surface area contributed by atoms with Crippen LogP contribution in [0.2, 0.25) is 5.31 Å². The Morgan fingerprint density at radius 1 is 1.00 bits per heavy atom. The molecule has 0 aliphatic rings. The number of rotatable bonds is 0. The normalized spacial score (nSPS) is 1.25. The van der Waals surface area contributed by atoms with Gasteiger partial charge in [0.25, 0.3) is 0 Å². The molecule has 0 aliphatic heterocycles. The van der Waals surface area contributed by atoms with Gasteiger partial charge in [-0.1, -0.05) is 0 Å². The Kier molecular flexibility index (Phi) is 94.7. The molecule has 0 amide bonds. The quantitative estimate of drug-likeness (QED) is 0.574. The first-order valence-corrected chi connectivity index (χ1v) is 3.34. The summed E-state index contributed by atoms with van der Waals surface area (Å²) in [7, 11) is 0. The fraction of sp³-hybridized carbons (Fsp3) is 1.00. The van der Waals surface area contributed by atoms with Crippen LogP contribution in [0.25, 0.3) is 0 Å². The molecule has 0 saturated heterocycles. The molecule has 0 bridgehead atoms. The molecular weight excluding hydrogens is 308 g/mol. The molecule has 0 saturated carbocycles. The third-order valence-corrected chi connectivity index (χ3v) is 0. The molecular formula is CH3Fe2W. The summed E-state index contributed by atoms with van der Waals surface area (Å²) >= 11 is 1.58. The van der Waals surface area contributed by atoms with E-state index < -0.39 is 0 Å². The van der Waals surface area contributed by atoms with Crippen LogP contribution in [0, 0.1) is 0 Å². The molecule has 3 heteroatoms. The fourth-order valence-electron chi connectivity index (χ4n) is 0. The maximum atomic E-state index is 2.08. The smallest absolute Gasteiger partial charge is 0 e. The van der Waals surface area contributed by atoms with Gasteiger partial charge in [-0.05, 0) is 0 Å². The summed E-state index contributed by atoms with van der Waals surface area (Å²) in [6, 6.07) is 0. The van der Waals surface area contributed by atoms with Gasteiger partial charge in [0, 0.05) is 34.1 Å². The van der Waals surface area contributed by atoms with E-state index in [0.717, 1.165) is 0 Å². The van der Waals surface area contributed by atoms with Gasteiger partial charge in [0.15, 0.2) is 0 Å². The zero-order chi connectivity index (χ0) is 2.00. The fourth-order valence-corrected chi connectivity index (χ4v) is 0. The van der Waals surface area contributed by atoms with E-state index >= 15 is 0 Å². The van der Waals surface area contributed by atoms with Gasteiger partial charge in [-0.2, -0.15) is 0 Å². The summed E-state index contributed by atoms with van der Waals surface area (Å²) in [5.41, 5.74) is 0. The largest absolute Gasteiger partial charge is 0 e. The number of hydrogen-bond donors (Lipinski definition) is 0. The molecule has 0 aromatic rings. The van der Waals surface area contributed by atoms with E-state index in [0.29, 0.717) is 0 Å². The Balaban J connectivity index is -0.00000000500. The van der Waals surface area contributed by atoms with E-state index in [-0.39, 0.29) is 34.1 Å². The summed E-state index contributed by atoms with van der Waals surface area (Å²) in [5, 5.41) is 2.08. The van der Waals surface area contributed by atoms with Crippen LogP contribution in [0.1, 0.15) is 0 Å². The molecule has 0 nitrogen and oxygen atoms in total. The second kappa shape index (κ2) is 22.0. The molecule has 0 N–H and O–H groups in total.